The number of fused-ring (bicyclic) bond motifs is 4. The number of hydrogen-bond acceptors (Lipinski definition) is 5. The molecule has 1 unspecified atom stereocenters. The second-order valence-electron chi connectivity index (χ2n) is 8.75. The molecule has 0 fully saturated rings. The van der Waals surface area contributed by atoms with Crippen LogP contribution in [0.3, 0.4) is 0 Å². The molecule has 0 aliphatic carbocycles. The van der Waals surface area contributed by atoms with Crippen LogP contribution in [0.2, 0.25) is 10.2 Å². The monoisotopic (exact) mass is 521 g/mol. The Balaban J connectivity index is 1.40. The van der Waals surface area contributed by atoms with Gasteiger partial charge >= 0.3 is 0 Å². The predicted octanol–water partition coefficient (Wildman–Crippen LogP) is 5.74. The van der Waals surface area contributed by atoms with Gasteiger partial charge in [0.1, 0.15) is 23.0 Å². The fourth-order valence-electron chi connectivity index (χ4n) is 4.50. The van der Waals surface area contributed by atoms with Gasteiger partial charge in [-0.15, -0.1) is 5.10 Å². The normalized spacial score (nSPS) is 16.2. The molecule has 8 nitrogen and oxygen atoms in total. The summed E-state index contributed by atoms with van der Waals surface area (Å²) in [7, 11) is 0. The average molecular weight is 522 g/mol. The lowest BCUT2D eigenvalue weighted by molar-refractivity contribution is -0.117. The van der Waals surface area contributed by atoms with E-state index in [0.717, 1.165) is 49.8 Å². The van der Waals surface area contributed by atoms with Crippen LogP contribution in [0.5, 0.6) is 0 Å². The van der Waals surface area contributed by atoms with Gasteiger partial charge in [0.25, 0.3) is 0 Å². The first-order valence-electron chi connectivity index (χ1n) is 11.9. The topological polar surface area (TPSA) is 101 Å². The molecule has 0 saturated heterocycles. The zero-order valence-electron chi connectivity index (χ0n) is 19.5. The Kier molecular flexibility index (Phi) is 7.44. The van der Waals surface area contributed by atoms with Crippen LogP contribution in [0.15, 0.2) is 54.9 Å². The Labute approximate surface area is 218 Å². The quantitative estimate of drug-likeness (QED) is 0.333. The van der Waals surface area contributed by atoms with Gasteiger partial charge in [0.2, 0.25) is 5.91 Å². The predicted molar refractivity (Wildman–Crippen MR) is 140 cm³/mol. The van der Waals surface area contributed by atoms with Crippen LogP contribution in [0.1, 0.15) is 55.1 Å². The average Bonchev–Trinajstić information content (AvgIpc) is 3.54. The van der Waals surface area contributed by atoms with E-state index in [2.05, 4.69) is 38.0 Å². The van der Waals surface area contributed by atoms with Crippen molar-refractivity contribution in [3.63, 3.8) is 0 Å². The van der Waals surface area contributed by atoms with Crippen molar-refractivity contribution in [2.24, 2.45) is 0 Å². The van der Waals surface area contributed by atoms with Crippen molar-refractivity contribution < 1.29 is 4.79 Å². The first-order valence-corrected chi connectivity index (χ1v) is 12.7. The molecule has 4 aromatic rings. The maximum absolute atomic E-state index is 13.0. The summed E-state index contributed by atoms with van der Waals surface area (Å²) in [6.07, 6.45) is 10.7. The second-order valence-corrected chi connectivity index (χ2v) is 9.56. The minimum Gasteiger partial charge on any atom is -0.343 e. The van der Waals surface area contributed by atoms with Gasteiger partial charge < -0.3 is 10.3 Å². The molecule has 2 bridgehead atoms. The zero-order valence-corrected chi connectivity index (χ0v) is 21.0. The summed E-state index contributed by atoms with van der Waals surface area (Å²) in [6, 6.07) is 13.2. The van der Waals surface area contributed by atoms with Gasteiger partial charge in [-0.2, -0.15) is 4.68 Å². The molecule has 1 amide bonds. The maximum Gasteiger partial charge on any atom is 0.244 e. The van der Waals surface area contributed by atoms with E-state index < -0.39 is 0 Å². The van der Waals surface area contributed by atoms with Crippen molar-refractivity contribution >= 4 is 35.2 Å². The Morgan fingerprint density at radius 2 is 1.97 bits per heavy atom. The van der Waals surface area contributed by atoms with E-state index in [1.54, 1.807) is 24.3 Å². The molecule has 184 valence electrons. The molecule has 36 heavy (non-hydrogen) atoms. The van der Waals surface area contributed by atoms with Crippen molar-refractivity contribution in [1.82, 2.24) is 35.5 Å². The summed E-state index contributed by atoms with van der Waals surface area (Å²) in [5.41, 5.74) is 4.42. The number of carbonyl (C=O) groups excluding carboxylic acids is 1. The molecular weight excluding hydrogens is 497 g/mol. The fourth-order valence-corrected chi connectivity index (χ4v) is 4.92. The third kappa shape index (κ3) is 5.50. The standard InChI is InChI=1S/C26H25Cl2N7O/c27-19-12-13-22(35-16-29-33-34-35)18(15-19)11-14-23(36)30-21-10-4-2-1-3-7-17-8-5-6-9-20(17)24-25(28)32-26(21)31-24/h5-6,8-9,11-16,21H,1-4,7,10H2,(H,30,36)(H,31,32)/b14-11+. The van der Waals surface area contributed by atoms with Crippen LogP contribution in [0.4, 0.5) is 0 Å². The number of halogens is 2. The summed E-state index contributed by atoms with van der Waals surface area (Å²) in [5, 5.41) is 15.4. The van der Waals surface area contributed by atoms with E-state index in [1.807, 2.05) is 12.1 Å². The van der Waals surface area contributed by atoms with E-state index in [4.69, 9.17) is 28.2 Å². The van der Waals surface area contributed by atoms with Crippen LogP contribution in [-0.2, 0) is 11.2 Å². The molecule has 1 aliphatic rings. The molecular formula is C26H25Cl2N7O. The van der Waals surface area contributed by atoms with Gasteiger partial charge in [-0.25, -0.2) is 4.98 Å². The highest BCUT2D eigenvalue weighted by Crippen LogP contribution is 2.32. The molecule has 2 aromatic carbocycles. The van der Waals surface area contributed by atoms with E-state index in [1.165, 1.54) is 22.6 Å². The van der Waals surface area contributed by atoms with Gasteiger partial charge in [0, 0.05) is 22.2 Å². The lowest BCUT2D eigenvalue weighted by Crippen LogP contribution is -2.27. The van der Waals surface area contributed by atoms with Crippen LogP contribution in [0, 0.1) is 0 Å². The molecule has 2 aromatic heterocycles. The summed E-state index contributed by atoms with van der Waals surface area (Å²) in [6.45, 7) is 0. The zero-order chi connectivity index (χ0) is 24.9. The van der Waals surface area contributed by atoms with E-state index >= 15 is 0 Å². The molecule has 0 spiro atoms. The summed E-state index contributed by atoms with van der Waals surface area (Å²) in [4.78, 5) is 21.0. The Bertz CT molecular complexity index is 1380. The van der Waals surface area contributed by atoms with Gasteiger partial charge in [-0.3, -0.25) is 4.79 Å². The van der Waals surface area contributed by atoms with E-state index in [9.17, 15) is 4.79 Å². The molecule has 2 N–H and O–H groups in total. The molecule has 1 aliphatic heterocycles. The minimum absolute atomic E-state index is 0.246. The number of tetrazole rings is 1. The molecule has 0 saturated carbocycles. The number of H-pyrrole nitrogens is 1. The highest BCUT2D eigenvalue weighted by Gasteiger charge is 2.22. The number of carbonyl (C=O) groups is 1. The highest BCUT2D eigenvalue weighted by atomic mass is 35.5. The third-order valence-corrected chi connectivity index (χ3v) is 6.79. The smallest absolute Gasteiger partial charge is 0.244 e. The number of hydrogen-bond donors (Lipinski definition) is 2. The van der Waals surface area contributed by atoms with E-state index in [-0.39, 0.29) is 11.9 Å². The lowest BCUT2D eigenvalue weighted by atomic mass is 9.98. The molecule has 1 atom stereocenters. The Morgan fingerprint density at radius 3 is 2.83 bits per heavy atom. The van der Waals surface area contributed by atoms with E-state index in [0.29, 0.717) is 27.3 Å². The molecule has 5 rings (SSSR count). The number of imidazole rings is 1. The molecule has 0 radical (unpaired) electrons. The minimum atomic E-state index is -0.293. The van der Waals surface area contributed by atoms with Crippen LogP contribution < -0.4 is 5.32 Å². The SMILES string of the molecule is O=C(/C=C/c1cc(Cl)ccc1-n1cnnn1)NC1CCCCCCc2ccccc2-c2nc1[nH]c2Cl. The van der Waals surface area contributed by atoms with Gasteiger partial charge in [-0.05, 0) is 59.5 Å². The third-order valence-electron chi connectivity index (χ3n) is 6.29. The highest BCUT2D eigenvalue weighted by molar-refractivity contribution is 6.32. The number of amides is 1. The number of nitrogens with one attached hydrogen (secondary N) is 2. The van der Waals surface area contributed by atoms with Crippen LogP contribution >= 0.6 is 23.2 Å². The fraction of sp³-hybridized carbons (Fsp3) is 0.269. The largest absolute Gasteiger partial charge is 0.343 e. The van der Waals surface area contributed by atoms with Crippen molar-refractivity contribution in [2.75, 3.05) is 0 Å². The second kappa shape index (κ2) is 11.1. The summed E-state index contributed by atoms with van der Waals surface area (Å²) >= 11 is 12.8. The molecule has 10 heteroatoms. The number of rotatable bonds is 4. The van der Waals surface area contributed by atoms with Crippen molar-refractivity contribution in [2.45, 2.75) is 44.6 Å². The lowest BCUT2D eigenvalue weighted by Gasteiger charge is -2.16. The van der Waals surface area contributed by atoms with Crippen molar-refractivity contribution in [1.29, 1.82) is 0 Å². The number of aromatic nitrogens is 6. The van der Waals surface area contributed by atoms with Crippen molar-refractivity contribution in [3.05, 3.63) is 82.0 Å². The number of aryl methyl sites for hydroxylation is 1. The maximum atomic E-state index is 13.0. The number of benzene rings is 2. The van der Waals surface area contributed by atoms with Gasteiger partial charge in [0.05, 0.1) is 11.7 Å². The first-order chi connectivity index (χ1) is 17.6. The van der Waals surface area contributed by atoms with Crippen molar-refractivity contribution in [3.8, 4) is 16.9 Å². The number of nitrogens with zero attached hydrogens (tertiary/aromatic N) is 5. The molecule has 3 heterocycles. The van der Waals surface area contributed by atoms with Gasteiger partial charge in [0.15, 0.2) is 0 Å². The Hall–Kier alpha value is -3.49. The van der Waals surface area contributed by atoms with Crippen LogP contribution in [0.25, 0.3) is 23.0 Å². The number of aromatic amines is 1. The first kappa shape index (κ1) is 24.2. The van der Waals surface area contributed by atoms with Gasteiger partial charge in [-0.1, -0.05) is 66.7 Å². The Morgan fingerprint density at radius 1 is 1.11 bits per heavy atom. The summed E-state index contributed by atoms with van der Waals surface area (Å²) < 4.78 is 1.52. The van der Waals surface area contributed by atoms with Crippen LogP contribution in [-0.4, -0.2) is 36.1 Å². The summed E-state index contributed by atoms with van der Waals surface area (Å²) in [5.74, 6) is 0.411.